The molecule has 1 aliphatic rings. The lowest BCUT2D eigenvalue weighted by Gasteiger charge is -2.23. The molecule has 114 valence electrons. The van der Waals surface area contributed by atoms with Gasteiger partial charge in [0, 0.05) is 24.2 Å². The number of rotatable bonds is 3. The number of hydrogen-bond donors (Lipinski definition) is 1. The molecule has 0 radical (unpaired) electrons. The number of benzene rings is 1. The van der Waals surface area contributed by atoms with Gasteiger partial charge >= 0.3 is 0 Å². The van der Waals surface area contributed by atoms with Gasteiger partial charge in [0.1, 0.15) is 0 Å². The van der Waals surface area contributed by atoms with Gasteiger partial charge in [0.2, 0.25) is 11.8 Å². The van der Waals surface area contributed by atoms with Crippen molar-refractivity contribution in [2.24, 2.45) is 5.92 Å². The van der Waals surface area contributed by atoms with Crippen LogP contribution in [0.25, 0.3) is 0 Å². The van der Waals surface area contributed by atoms with E-state index in [1.54, 1.807) is 4.90 Å². The molecule has 2 rings (SSSR count). The number of anilines is 1. The molecule has 1 aliphatic heterocycles. The SMILES string of the molecule is CCc1ccc(N2C[C@@H](C(=O)NC(C)(C)C)CC2=O)cc1. The van der Waals surface area contributed by atoms with Crippen molar-refractivity contribution < 1.29 is 9.59 Å². The first-order valence-electron chi connectivity index (χ1n) is 7.51. The molecule has 21 heavy (non-hydrogen) atoms. The molecular formula is C17H24N2O2. The second-order valence-electron chi connectivity index (χ2n) is 6.66. The summed E-state index contributed by atoms with van der Waals surface area (Å²) in [7, 11) is 0. The van der Waals surface area contributed by atoms with Gasteiger partial charge in [-0.05, 0) is 44.9 Å². The molecule has 2 amide bonds. The van der Waals surface area contributed by atoms with Gasteiger partial charge in [0.05, 0.1) is 5.92 Å². The molecule has 1 aromatic rings. The van der Waals surface area contributed by atoms with Crippen molar-refractivity contribution in [3.05, 3.63) is 29.8 Å². The van der Waals surface area contributed by atoms with E-state index in [0.717, 1.165) is 12.1 Å². The number of nitrogens with one attached hydrogen (secondary N) is 1. The fraction of sp³-hybridized carbons (Fsp3) is 0.529. The number of amides is 2. The summed E-state index contributed by atoms with van der Waals surface area (Å²) in [6, 6.07) is 7.98. The molecule has 1 N–H and O–H groups in total. The van der Waals surface area contributed by atoms with E-state index in [-0.39, 0.29) is 29.7 Å². The zero-order valence-electron chi connectivity index (χ0n) is 13.3. The van der Waals surface area contributed by atoms with Crippen molar-refractivity contribution >= 4 is 17.5 Å². The number of carbonyl (C=O) groups excluding carboxylic acids is 2. The molecule has 1 heterocycles. The Bertz CT molecular complexity index is 529. The summed E-state index contributed by atoms with van der Waals surface area (Å²) in [6.07, 6.45) is 1.27. The topological polar surface area (TPSA) is 49.4 Å². The molecule has 0 aromatic heterocycles. The van der Waals surface area contributed by atoms with Crippen LogP contribution in [0.4, 0.5) is 5.69 Å². The fourth-order valence-corrected chi connectivity index (χ4v) is 2.52. The Morgan fingerprint density at radius 3 is 2.43 bits per heavy atom. The zero-order chi connectivity index (χ0) is 15.6. The Labute approximate surface area is 126 Å². The Balaban J connectivity index is 2.07. The maximum Gasteiger partial charge on any atom is 0.227 e. The summed E-state index contributed by atoms with van der Waals surface area (Å²) in [4.78, 5) is 26.1. The Morgan fingerprint density at radius 2 is 1.90 bits per heavy atom. The van der Waals surface area contributed by atoms with Crippen LogP contribution in [0.1, 0.15) is 39.7 Å². The molecule has 4 heteroatoms. The van der Waals surface area contributed by atoms with E-state index in [1.807, 2.05) is 45.0 Å². The minimum atomic E-state index is -0.268. The van der Waals surface area contributed by atoms with Crippen LogP contribution in [0.15, 0.2) is 24.3 Å². The number of aryl methyl sites for hydroxylation is 1. The molecule has 1 atom stereocenters. The van der Waals surface area contributed by atoms with E-state index in [0.29, 0.717) is 6.54 Å². The van der Waals surface area contributed by atoms with E-state index < -0.39 is 0 Å². The lowest BCUT2D eigenvalue weighted by atomic mass is 10.0. The van der Waals surface area contributed by atoms with Crippen LogP contribution < -0.4 is 10.2 Å². The Hall–Kier alpha value is -1.84. The summed E-state index contributed by atoms with van der Waals surface area (Å²) in [5.41, 5.74) is 1.85. The van der Waals surface area contributed by atoms with Crippen molar-refractivity contribution in [2.45, 2.75) is 46.1 Å². The summed E-state index contributed by atoms with van der Waals surface area (Å²) in [5, 5.41) is 2.95. The molecule has 0 bridgehead atoms. The van der Waals surface area contributed by atoms with E-state index in [4.69, 9.17) is 0 Å². The maximum absolute atomic E-state index is 12.2. The lowest BCUT2D eigenvalue weighted by Crippen LogP contribution is -2.44. The molecule has 4 nitrogen and oxygen atoms in total. The molecular weight excluding hydrogens is 264 g/mol. The first-order chi connectivity index (χ1) is 9.80. The highest BCUT2D eigenvalue weighted by Gasteiger charge is 2.36. The number of nitrogens with zero attached hydrogens (tertiary/aromatic N) is 1. The third kappa shape index (κ3) is 3.84. The van der Waals surface area contributed by atoms with Gasteiger partial charge in [-0.3, -0.25) is 9.59 Å². The average molecular weight is 288 g/mol. The van der Waals surface area contributed by atoms with Crippen LogP contribution >= 0.6 is 0 Å². The van der Waals surface area contributed by atoms with Crippen molar-refractivity contribution in [2.75, 3.05) is 11.4 Å². The summed E-state index contributed by atoms with van der Waals surface area (Å²) in [6.45, 7) is 8.41. The molecule has 0 unspecified atom stereocenters. The van der Waals surface area contributed by atoms with Gasteiger partial charge in [-0.1, -0.05) is 19.1 Å². The van der Waals surface area contributed by atoms with E-state index in [1.165, 1.54) is 5.56 Å². The largest absolute Gasteiger partial charge is 0.351 e. The number of carbonyl (C=O) groups is 2. The zero-order valence-corrected chi connectivity index (χ0v) is 13.3. The lowest BCUT2D eigenvalue weighted by molar-refractivity contribution is -0.127. The van der Waals surface area contributed by atoms with Crippen LogP contribution in [0.2, 0.25) is 0 Å². The van der Waals surface area contributed by atoms with Gasteiger partial charge in [-0.2, -0.15) is 0 Å². The highest BCUT2D eigenvalue weighted by Crippen LogP contribution is 2.26. The van der Waals surface area contributed by atoms with Crippen LogP contribution in [-0.2, 0) is 16.0 Å². The highest BCUT2D eigenvalue weighted by atomic mass is 16.2. The summed E-state index contributed by atoms with van der Waals surface area (Å²) in [5.74, 6) is -0.278. The quantitative estimate of drug-likeness (QED) is 0.929. The molecule has 0 spiro atoms. The first kappa shape index (κ1) is 15.5. The molecule has 0 aliphatic carbocycles. The summed E-state index contributed by atoms with van der Waals surface area (Å²) >= 11 is 0. The average Bonchev–Trinajstić information content (AvgIpc) is 2.79. The third-order valence-electron chi connectivity index (χ3n) is 3.65. The van der Waals surface area contributed by atoms with Crippen LogP contribution in [0.3, 0.4) is 0 Å². The molecule has 1 saturated heterocycles. The van der Waals surface area contributed by atoms with E-state index in [9.17, 15) is 9.59 Å². The minimum absolute atomic E-state index is 0.0216. The smallest absolute Gasteiger partial charge is 0.227 e. The molecule has 1 fully saturated rings. The second kappa shape index (κ2) is 5.88. The summed E-state index contributed by atoms with van der Waals surface area (Å²) < 4.78 is 0. The normalized spacial score (nSPS) is 19.0. The van der Waals surface area contributed by atoms with Gasteiger partial charge in [-0.15, -0.1) is 0 Å². The van der Waals surface area contributed by atoms with Crippen molar-refractivity contribution in [3.8, 4) is 0 Å². The standard InChI is InChI=1S/C17H24N2O2/c1-5-12-6-8-14(9-7-12)19-11-13(10-15(19)20)16(21)18-17(2,3)4/h6-9,13H,5,10-11H2,1-4H3,(H,18,21)/t13-/m0/s1. The first-order valence-corrected chi connectivity index (χ1v) is 7.51. The predicted molar refractivity (Wildman–Crippen MR) is 84.2 cm³/mol. The van der Waals surface area contributed by atoms with Gasteiger partial charge in [0.15, 0.2) is 0 Å². The second-order valence-corrected chi connectivity index (χ2v) is 6.66. The highest BCUT2D eigenvalue weighted by molar-refractivity contribution is 6.00. The van der Waals surface area contributed by atoms with Gasteiger partial charge in [-0.25, -0.2) is 0 Å². The van der Waals surface area contributed by atoms with E-state index in [2.05, 4.69) is 12.2 Å². The van der Waals surface area contributed by atoms with E-state index >= 15 is 0 Å². The van der Waals surface area contributed by atoms with Crippen molar-refractivity contribution in [3.63, 3.8) is 0 Å². The minimum Gasteiger partial charge on any atom is -0.351 e. The number of hydrogen-bond acceptors (Lipinski definition) is 2. The third-order valence-corrected chi connectivity index (χ3v) is 3.65. The Morgan fingerprint density at radius 1 is 1.29 bits per heavy atom. The van der Waals surface area contributed by atoms with Crippen LogP contribution in [0.5, 0.6) is 0 Å². The predicted octanol–water partition coefficient (Wildman–Crippen LogP) is 2.52. The maximum atomic E-state index is 12.2. The monoisotopic (exact) mass is 288 g/mol. The Kier molecular flexibility index (Phi) is 4.35. The van der Waals surface area contributed by atoms with Gasteiger partial charge in [0.25, 0.3) is 0 Å². The van der Waals surface area contributed by atoms with Crippen LogP contribution in [0, 0.1) is 5.92 Å². The fourth-order valence-electron chi connectivity index (χ4n) is 2.52. The van der Waals surface area contributed by atoms with Crippen LogP contribution in [-0.4, -0.2) is 23.9 Å². The van der Waals surface area contributed by atoms with Crippen molar-refractivity contribution in [1.82, 2.24) is 5.32 Å². The molecule has 1 aromatic carbocycles. The molecule has 0 saturated carbocycles. The van der Waals surface area contributed by atoms with Crippen molar-refractivity contribution in [1.29, 1.82) is 0 Å². The van der Waals surface area contributed by atoms with Gasteiger partial charge < -0.3 is 10.2 Å².